The van der Waals surface area contributed by atoms with E-state index in [1.54, 1.807) is 18.3 Å². The molecule has 0 saturated carbocycles. The summed E-state index contributed by atoms with van der Waals surface area (Å²) in [6, 6.07) is 9.13. The number of aryl methyl sites for hydroxylation is 2. The Bertz CT molecular complexity index is 666. The molecule has 0 saturated heterocycles. The zero-order valence-electron chi connectivity index (χ0n) is 13.1. The summed E-state index contributed by atoms with van der Waals surface area (Å²) >= 11 is 0. The molecule has 0 fully saturated rings. The van der Waals surface area contributed by atoms with Crippen molar-refractivity contribution < 1.29 is 14.3 Å². The summed E-state index contributed by atoms with van der Waals surface area (Å²) in [5.74, 6) is -0.0111. The van der Waals surface area contributed by atoms with Crippen molar-refractivity contribution in [2.75, 3.05) is 6.61 Å². The number of hydrogen-bond acceptors (Lipinski definition) is 4. The van der Waals surface area contributed by atoms with E-state index in [4.69, 9.17) is 4.74 Å². The van der Waals surface area contributed by atoms with Gasteiger partial charge in [-0.1, -0.05) is 6.07 Å². The van der Waals surface area contributed by atoms with Gasteiger partial charge in [-0.25, -0.2) is 0 Å². The highest BCUT2D eigenvalue weighted by atomic mass is 16.5. The van der Waals surface area contributed by atoms with Crippen LogP contribution in [0.1, 0.15) is 27.9 Å². The highest BCUT2D eigenvalue weighted by Gasteiger charge is 2.07. The first-order valence-corrected chi connectivity index (χ1v) is 7.25. The minimum absolute atomic E-state index is 0.139. The lowest BCUT2D eigenvalue weighted by molar-refractivity contribution is -0.122. The molecule has 0 atom stereocenters. The summed E-state index contributed by atoms with van der Waals surface area (Å²) in [7, 11) is 0. The van der Waals surface area contributed by atoms with Gasteiger partial charge in [-0.15, -0.1) is 0 Å². The molecule has 0 aliphatic carbocycles. The van der Waals surface area contributed by atoms with Crippen LogP contribution >= 0.6 is 0 Å². The van der Waals surface area contributed by atoms with E-state index in [2.05, 4.69) is 15.8 Å². The van der Waals surface area contributed by atoms with Gasteiger partial charge in [-0.2, -0.15) is 0 Å². The number of hydrazine groups is 1. The number of nitrogens with one attached hydrogen (secondary N) is 2. The van der Waals surface area contributed by atoms with Gasteiger partial charge in [-0.3, -0.25) is 25.4 Å². The van der Waals surface area contributed by atoms with Crippen LogP contribution in [0, 0.1) is 13.8 Å². The molecule has 0 aliphatic rings. The largest absolute Gasteiger partial charge is 0.493 e. The Hall–Kier alpha value is -2.89. The van der Waals surface area contributed by atoms with E-state index in [0.717, 1.165) is 16.9 Å². The average Bonchev–Trinajstić information content (AvgIpc) is 2.52. The second-order valence-corrected chi connectivity index (χ2v) is 5.17. The molecule has 2 aromatic rings. The Morgan fingerprint density at radius 3 is 2.52 bits per heavy atom. The fraction of sp³-hybridized carbons (Fsp3) is 0.235. The average molecular weight is 313 g/mol. The summed E-state index contributed by atoms with van der Waals surface area (Å²) in [5, 5.41) is 0. The molecule has 1 aromatic heterocycles. The molecule has 1 aromatic carbocycles. The van der Waals surface area contributed by atoms with E-state index in [1.807, 2.05) is 32.0 Å². The molecule has 2 N–H and O–H groups in total. The number of hydrogen-bond donors (Lipinski definition) is 2. The third-order valence-electron chi connectivity index (χ3n) is 3.03. The quantitative estimate of drug-likeness (QED) is 0.827. The third-order valence-corrected chi connectivity index (χ3v) is 3.03. The van der Waals surface area contributed by atoms with Gasteiger partial charge in [0, 0.05) is 12.4 Å². The maximum absolute atomic E-state index is 11.7. The number of benzene rings is 1. The van der Waals surface area contributed by atoms with Crippen LogP contribution in [-0.2, 0) is 4.79 Å². The van der Waals surface area contributed by atoms with Crippen LogP contribution in [0.15, 0.2) is 42.7 Å². The Morgan fingerprint density at radius 1 is 1.13 bits per heavy atom. The van der Waals surface area contributed by atoms with Crippen molar-refractivity contribution >= 4 is 11.8 Å². The second kappa shape index (κ2) is 7.93. The minimum Gasteiger partial charge on any atom is -0.493 e. The molecular formula is C17H19N3O3. The van der Waals surface area contributed by atoms with Gasteiger partial charge in [0.25, 0.3) is 5.91 Å². The molecule has 0 spiro atoms. The first kappa shape index (κ1) is 16.5. The molecule has 0 aliphatic heterocycles. The van der Waals surface area contributed by atoms with Crippen LogP contribution in [0.2, 0.25) is 0 Å². The summed E-state index contributed by atoms with van der Waals surface area (Å²) in [6.07, 6.45) is 3.13. The van der Waals surface area contributed by atoms with Gasteiger partial charge in [0.15, 0.2) is 0 Å². The Labute approximate surface area is 134 Å². The van der Waals surface area contributed by atoms with E-state index in [0.29, 0.717) is 5.56 Å². The number of aromatic nitrogens is 1. The van der Waals surface area contributed by atoms with Crippen LogP contribution in [0.4, 0.5) is 0 Å². The molecule has 6 nitrogen and oxygen atoms in total. The van der Waals surface area contributed by atoms with Crippen molar-refractivity contribution in [1.82, 2.24) is 15.8 Å². The van der Waals surface area contributed by atoms with E-state index in [9.17, 15) is 9.59 Å². The SMILES string of the molecule is Cc1cc(C)cc(OCCC(=O)NNC(=O)c2cccnc2)c1. The van der Waals surface area contributed by atoms with Crippen LogP contribution in [0.3, 0.4) is 0 Å². The molecule has 6 heteroatoms. The lowest BCUT2D eigenvalue weighted by Gasteiger charge is -2.09. The molecule has 1 heterocycles. The highest BCUT2D eigenvalue weighted by Crippen LogP contribution is 2.16. The fourth-order valence-corrected chi connectivity index (χ4v) is 2.04. The van der Waals surface area contributed by atoms with E-state index >= 15 is 0 Å². The number of ether oxygens (including phenoxy) is 1. The zero-order valence-corrected chi connectivity index (χ0v) is 13.1. The molecular weight excluding hydrogens is 294 g/mol. The van der Waals surface area contributed by atoms with Crippen LogP contribution in [0.25, 0.3) is 0 Å². The Kier molecular flexibility index (Phi) is 5.68. The monoisotopic (exact) mass is 313 g/mol. The van der Waals surface area contributed by atoms with Crippen LogP contribution < -0.4 is 15.6 Å². The van der Waals surface area contributed by atoms with Gasteiger partial charge in [0.1, 0.15) is 5.75 Å². The lowest BCUT2D eigenvalue weighted by atomic mass is 10.1. The normalized spacial score (nSPS) is 10.0. The van der Waals surface area contributed by atoms with Gasteiger partial charge in [0.2, 0.25) is 5.91 Å². The number of pyridine rings is 1. The van der Waals surface area contributed by atoms with Gasteiger partial charge >= 0.3 is 0 Å². The van der Waals surface area contributed by atoms with Crippen LogP contribution in [-0.4, -0.2) is 23.4 Å². The molecule has 0 bridgehead atoms. The van der Waals surface area contributed by atoms with E-state index in [1.165, 1.54) is 6.20 Å². The Balaban J connectivity index is 1.72. The first-order valence-electron chi connectivity index (χ1n) is 7.25. The number of nitrogens with zero attached hydrogens (tertiary/aromatic N) is 1. The first-order chi connectivity index (χ1) is 11.0. The molecule has 120 valence electrons. The topological polar surface area (TPSA) is 80.3 Å². The van der Waals surface area contributed by atoms with Crippen molar-refractivity contribution in [3.05, 3.63) is 59.4 Å². The summed E-state index contributed by atoms with van der Waals surface area (Å²) in [4.78, 5) is 27.2. The number of carbonyl (C=O) groups excluding carboxylic acids is 2. The second-order valence-electron chi connectivity index (χ2n) is 5.17. The molecule has 0 radical (unpaired) electrons. The van der Waals surface area contributed by atoms with Crippen molar-refractivity contribution in [2.45, 2.75) is 20.3 Å². The molecule has 23 heavy (non-hydrogen) atoms. The van der Waals surface area contributed by atoms with Crippen LogP contribution in [0.5, 0.6) is 5.75 Å². The summed E-state index contributed by atoms with van der Waals surface area (Å²) in [6.45, 7) is 4.21. The standard InChI is InChI=1S/C17H19N3O3/c1-12-8-13(2)10-15(9-12)23-7-5-16(21)19-20-17(22)14-4-3-6-18-11-14/h3-4,6,8-11H,5,7H2,1-2H3,(H,19,21)(H,20,22). The summed E-state index contributed by atoms with van der Waals surface area (Å²) < 4.78 is 5.55. The maximum atomic E-state index is 11.7. The fourth-order valence-electron chi connectivity index (χ4n) is 2.04. The predicted molar refractivity (Wildman–Crippen MR) is 85.9 cm³/mol. The van der Waals surface area contributed by atoms with Gasteiger partial charge < -0.3 is 4.74 Å². The van der Waals surface area contributed by atoms with Gasteiger partial charge in [-0.05, 0) is 49.2 Å². The smallest absolute Gasteiger partial charge is 0.271 e. The third kappa shape index (κ3) is 5.43. The van der Waals surface area contributed by atoms with E-state index < -0.39 is 5.91 Å². The molecule has 2 rings (SSSR count). The van der Waals surface area contributed by atoms with Crippen molar-refractivity contribution in [3.8, 4) is 5.75 Å². The highest BCUT2D eigenvalue weighted by molar-refractivity contribution is 5.95. The molecule has 2 amide bonds. The molecule has 0 unspecified atom stereocenters. The lowest BCUT2D eigenvalue weighted by Crippen LogP contribution is -2.42. The van der Waals surface area contributed by atoms with Crippen molar-refractivity contribution in [1.29, 1.82) is 0 Å². The van der Waals surface area contributed by atoms with Gasteiger partial charge in [0.05, 0.1) is 18.6 Å². The van der Waals surface area contributed by atoms with Crippen molar-refractivity contribution in [2.24, 2.45) is 0 Å². The number of carbonyl (C=O) groups is 2. The number of rotatable bonds is 5. The maximum Gasteiger partial charge on any atom is 0.271 e. The minimum atomic E-state index is -0.415. The number of amides is 2. The zero-order chi connectivity index (χ0) is 16.7. The van der Waals surface area contributed by atoms with E-state index in [-0.39, 0.29) is 18.9 Å². The predicted octanol–water partition coefficient (Wildman–Crippen LogP) is 1.93. The Morgan fingerprint density at radius 2 is 1.87 bits per heavy atom. The summed E-state index contributed by atoms with van der Waals surface area (Å²) in [5.41, 5.74) is 7.26. The van der Waals surface area contributed by atoms with Crippen molar-refractivity contribution in [3.63, 3.8) is 0 Å².